The van der Waals surface area contributed by atoms with Crippen LogP contribution < -0.4 is 9.80 Å². The fraction of sp³-hybridized carbons (Fsp3) is 0.0741. The van der Waals surface area contributed by atoms with Gasteiger partial charge < -0.3 is 4.90 Å². The predicted octanol–water partition coefficient (Wildman–Crippen LogP) is 8.49. The minimum Gasteiger partial charge on any atom is -0.302 e. The molecule has 33 heavy (non-hydrogen) atoms. The summed E-state index contributed by atoms with van der Waals surface area (Å²) in [7, 11) is 0. The molecular formula is C27H23BrClN3S. The lowest BCUT2D eigenvalue weighted by molar-refractivity contribution is 1.01. The molecule has 1 aliphatic heterocycles. The average molecular weight is 537 g/mol. The zero-order chi connectivity index (χ0) is 23.5. The number of benzene rings is 3. The van der Waals surface area contributed by atoms with Crippen molar-refractivity contribution in [2.24, 2.45) is 4.99 Å². The highest BCUT2D eigenvalue weighted by Gasteiger charge is 2.28. The molecule has 1 heterocycles. The summed E-state index contributed by atoms with van der Waals surface area (Å²) in [4.78, 5) is 10.4. The van der Waals surface area contributed by atoms with Crippen LogP contribution in [0, 0.1) is 0 Å². The number of nitrogens with zero attached hydrogens (tertiary/aromatic N) is 3. The fourth-order valence-corrected chi connectivity index (χ4v) is 4.47. The van der Waals surface area contributed by atoms with E-state index in [1.54, 1.807) is 18.0 Å². The highest BCUT2D eigenvalue weighted by atomic mass is 79.9. The van der Waals surface area contributed by atoms with Gasteiger partial charge in [-0.05, 0) is 67.8 Å². The molecule has 0 atom stereocenters. The average Bonchev–Trinajstić information content (AvgIpc) is 2.83. The Morgan fingerprint density at radius 1 is 1.06 bits per heavy atom. The number of anilines is 2. The number of rotatable bonds is 6. The van der Waals surface area contributed by atoms with Crippen LogP contribution >= 0.6 is 39.3 Å². The third-order valence-corrected chi connectivity index (χ3v) is 6.90. The van der Waals surface area contributed by atoms with Gasteiger partial charge in [-0.1, -0.05) is 58.9 Å². The van der Waals surface area contributed by atoms with Crippen LogP contribution in [0.4, 0.5) is 11.4 Å². The van der Waals surface area contributed by atoms with E-state index in [0.717, 1.165) is 44.3 Å². The van der Waals surface area contributed by atoms with Crippen molar-refractivity contribution in [2.45, 2.75) is 11.8 Å². The third-order valence-electron chi connectivity index (χ3n) is 5.39. The second-order valence-corrected chi connectivity index (χ2v) is 9.64. The topological polar surface area (TPSA) is 18.8 Å². The maximum atomic E-state index is 6.16. The number of amidine groups is 1. The van der Waals surface area contributed by atoms with Gasteiger partial charge in [-0.25, -0.2) is 4.99 Å². The van der Waals surface area contributed by atoms with Crippen LogP contribution in [0.1, 0.15) is 12.5 Å². The minimum atomic E-state index is 0.683. The summed E-state index contributed by atoms with van der Waals surface area (Å²) in [6.07, 6.45) is 3.87. The Balaban J connectivity index is 1.89. The van der Waals surface area contributed by atoms with Crippen molar-refractivity contribution < 1.29 is 0 Å². The second-order valence-electron chi connectivity index (χ2n) is 7.40. The summed E-state index contributed by atoms with van der Waals surface area (Å²) in [6.45, 7) is 10.6. The molecule has 6 heteroatoms. The third kappa shape index (κ3) is 4.81. The van der Waals surface area contributed by atoms with Crippen molar-refractivity contribution in [2.75, 3.05) is 16.1 Å². The summed E-state index contributed by atoms with van der Waals surface area (Å²) in [5, 5.41) is 0.683. The van der Waals surface area contributed by atoms with E-state index in [-0.39, 0.29) is 0 Å². The van der Waals surface area contributed by atoms with Gasteiger partial charge in [0, 0.05) is 48.8 Å². The first-order valence-electron chi connectivity index (χ1n) is 10.3. The van der Waals surface area contributed by atoms with E-state index < -0.39 is 0 Å². The molecule has 3 aromatic carbocycles. The van der Waals surface area contributed by atoms with Crippen LogP contribution in [0.2, 0.25) is 5.02 Å². The smallest absolute Gasteiger partial charge is 0.147 e. The van der Waals surface area contributed by atoms with Gasteiger partial charge in [-0.2, -0.15) is 0 Å². The zero-order valence-corrected chi connectivity index (χ0v) is 21.6. The summed E-state index contributed by atoms with van der Waals surface area (Å²) < 4.78 is 1.01. The maximum Gasteiger partial charge on any atom is 0.147 e. The van der Waals surface area contributed by atoms with E-state index in [1.807, 2.05) is 66.4 Å². The number of thioether (sulfide) groups is 1. The molecule has 0 N–H and O–H groups in total. The lowest BCUT2D eigenvalue weighted by Gasteiger charge is -2.35. The fourth-order valence-electron chi connectivity index (χ4n) is 3.63. The van der Waals surface area contributed by atoms with Crippen molar-refractivity contribution in [1.29, 1.82) is 0 Å². The number of aliphatic imine (C=N–C) groups is 1. The SMILES string of the molecule is C=CN(C1=C(C)C(=C)N(c2ccc(Cl)cc2)C(c2ccc(Br)cc2)=N1)c1cccc(SC)c1. The lowest BCUT2D eigenvalue weighted by atomic mass is 10.1. The Hall–Kier alpha value is -2.73. The molecule has 1 aliphatic rings. The van der Waals surface area contributed by atoms with Crippen LogP contribution in [0.25, 0.3) is 0 Å². The number of hydrogen-bond donors (Lipinski definition) is 0. The van der Waals surface area contributed by atoms with Gasteiger partial charge in [-0.3, -0.25) is 4.90 Å². The lowest BCUT2D eigenvalue weighted by Crippen LogP contribution is -2.36. The van der Waals surface area contributed by atoms with Crippen molar-refractivity contribution >= 4 is 56.5 Å². The first-order chi connectivity index (χ1) is 15.9. The second kappa shape index (κ2) is 10.0. The molecule has 0 fully saturated rings. The largest absolute Gasteiger partial charge is 0.302 e. The van der Waals surface area contributed by atoms with E-state index in [1.165, 1.54) is 4.90 Å². The highest BCUT2D eigenvalue weighted by molar-refractivity contribution is 9.10. The molecule has 4 rings (SSSR count). The van der Waals surface area contributed by atoms with Gasteiger partial charge in [0.1, 0.15) is 11.7 Å². The summed E-state index contributed by atoms with van der Waals surface area (Å²) in [6, 6.07) is 24.2. The summed E-state index contributed by atoms with van der Waals surface area (Å²) in [5.74, 6) is 1.57. The van der Waals surface area contributed by atoms with Crippen molar-refractivity contribution in [3.8, 4) is 0 Å². The number of allylic oxidation sites excluding steroid dienone is 1. The highest BCUT2D eigenvalue weighted by Crippen LogP contribution is 2.36. The molecule has 3 nitrogen and oxygen atoms in total. The zero-order valence-electron chi connectivity index (χ0n) is 18.4. The molecule has 0 saturated heterocycles. The van der Waals surface area contributed by atoms with E-state index in [0.29, 0.717) is 5.02 Å². The van der Waals surface area contributed by atoms with Gasteiger partial charge in [0.15, 0.2) is 0 Å². The van der Waals surface area contributed by atoms with E-state index in [9.17, 15) is 0 Å². The maximum absolute atomic E-state index is 6.16. The Morgan fingerprint density at radius 3 is 2.39 bits per heavy atom. The molecule has 0 aromatic heterocycles. The van der Waals surface area contributed by atoms with Crippen LogP contribution in [0.5, 0.6) is 0 Å². The van der Waals surface area contributed by atoms with Gasteiger partial charge in [0.25, 0.3) is 0 Å². The molecule has 3 aromatic rings. The standard InChI is InChI=1S/C27H23BrClN3S/c1-5-31(24-7-6-8-25(17-24)33-4)26-18(2)19(3)32(23-15-13-22(29)14-16-23)27(30-26)20-9-11-21(28)12-10-20/h5-17H,1,3H2,2,4H3. The number of hydrogen-bond acceptors (Lipinski definition) is 4. The molecule has 0 saturated carbocycles. The Kier molecular flexibility index (Phi) is 7.13. The molecule has 0 unspecified atom stereocenters. The molecule has 166 valence electrons. The van der Waals surface area contributed by atoms with Crippen molar-refractivity contribution in [3.05, 3.63) is 124 Å². The summed E-state index contributed by atoms with van der Waals surface area (Å²) >= 11 is 11.4. The molecule has 0 radical (unpaired) electrons. The van der Waals surface area contributed by atoms with E-state index in [2.05, 4.69) is 58.4 Å². The van der Waals surface area contributed by atoms with Gasteiger partial charge in [0.05, 0.1) is 0 Å². The first-order valence-corrected chi connectivity index (χ1v) is 12.7. The Morgan fingerprint density at radius 2 is 1.76 bits per heavy atom. The van der Waals surface area contributed by atoms with Gasteiger partial charge in [-0.15, -0.1) is 11.8 Å². The predicted molar refractivity (Wildman–Crippen MR) is 147 cm³/mol. The van der Waals surface area contributed by atoms with Crippen LogP contribution in [-0.4, -0.2) is 12.1 Å². The molecule has 0 amide bonds. The van der Waals surface area contributed by atoms with Crippen LogP contribution in [0.15, 0.2) is 124 Å². The molecule has 0 aliphatic carbocycles. The molecular weight excluding hydrogens is 514 g/mol. The summed E-state index contributed by atoms with van der Waals surface area (Å²) in [5.41, 5.74) is 4.71. The van der Waals surface area contributed by atoms with Gasteiger partial charge in [0.2, 0.25) is 0 Å². The van der Waals surface area contributed by atoms with E-state index in [4.69, 9.17) is 16.6 Å². The first kappa shape index (κ1) is 23.4. The Labute approximate surface area is 212 Å². The Bertz CT molecular complexity index is 1260. The number of halogens is 2. The monoisotopic (exact) mass is 535 g/mol. The molecule has 0 bridgehead atoms. The quantitative estimate of drug-likeness (QED) is 0.294. The van der Waals surface area contributed by atoms with Crippen LogP contribution in [-0.2, 0) is 0 Å². The normalized spacial score (nSPS) is 13.8. The molecule has 0 spiro atoms. The van der Waals surface area contributed by atoms with Crippen LogP contribution in [0.3, 0.4) is 0 Å². The van der Waals surface area contributed by atoms with Crippen molar-refractivity contribution in [1.82, 2.24) is 0 Å². The van der Waals surface area contributed by atoms with E-state index >= 15 is 0 Å². The van der Waals surface area contributed by atoms with Crippen molar-refractivity contribution in [3.63, 3.8) is 0 Å². The van der Waals surface area contributed by atoms with Gasteiger partial charge >= 0.3 is 0 Å². The minimum absolute atomic E-state index is 0.683.